The van der Waals surface area contributed by atoms with Crippen LogP contribution in [0.4, 0.5) is 4.79 Å². The molecule has 0 radical (unpaired) electrons. The fourth-order valence-electron chi connectivity index (χ4n) is 3.23. The number of likely N-dealkylation sites (tertiary alicyclic amines) is 1. The maximum atomic E-state index is 12.8. The predicted molar refractivity (Wildman–Crippen MR) is 94.6 cm³/mol. The number of rotatable bonds is 8. The Morgan fingerprint density at radius 2 is 2.04 bits per heavy atom. The van der Waals surface area contributed by atoms with Crippen LogP contribution in [0.15, 0.2) is 35.5 Å². The molecule has 1 aromatic carbocycles. The third kappa shape index (κ3) is 4.64. The molecule has 1 fully saturated rings. The van der Waals surface area contributed by atoms with Gasteiger partial charge in [0, 0.05) is 12.8 Å². The zero-order chi connectivity index (χ0) is 19.2. The lowest BCUT2D eigenvalue weighted by atomic mass is 10.0. The molecule has 0 saturated carbocycles. The molecule has 1 heterocycles. The van der Waals surface area contributed by atoms with Crippen LogP contribution in [-0.2, 0) is 16.1 Å². The molecule has 0 aromatic heterocycles. The van der Waals surface area contributed by atoms with E-state index in [9.17, 15) is 19.6 Å². The number of hydrogen-bond acceptors (Lipinski definition) is 6. The summed E-state index contributed by atoms with van der Waals surface area (Å²) in [7, 11) is 0. The van der Waals surface area contributed by atoms with Gasteiger partial charge >= 0.3 is 12.1 Å². The zero-order valence-electron chi connectivity index (χ0n) is 15.1. The highest BCUT2D eigenvalue weighted by molar-refractivity contribution is 5.73. The van der Waals surface area contributed by atoms with Crippen molar-refractivity contribution in [1.29, 1.82) is 0 Å². The van der Waals surface area contributed by atoms with E-state index in [1.165, 1.54) is 0 Å². The standard InChI is InChI=1S/C18H25N3O5/c1-13(2)11-15(17(22)23)19-21(10-6-9-16(21)20-25)18(24)26-12-14-7-4-3-5-8-14/h3-5,7-8,13,15-16,19H,6,9-12H2,1-2H3/p+1/t15-,16-,21?/m0/s1. The first-order valence-electron chi connectivity index (χ1n) is 8.81. The van der Waals surface area contributed by atoms with Crippen molar-refractivity contribution in [2.24, 2.45) is 11.1 Å². The van der Waals surface area contributed by atoms with Crippen molar-refractivity contribution < 1.29 is 24.0 Å². The summed E-state index contributed by atoms with van der Waals surface area (Å²) in [6, 6.07) is 8.20. The molecule has 0 spiro atoms. The van der Waals surface area contributed by atoms with Crippen LogP contribution in [0, 0.1) is 10.8 Å². The van der Waals surface area contributed by atoms with Crippen LogP contribution in [0.5, 0.6) is 0 Å². The predicted octanol–water partition coefficient (Wildman–Crippen LogP) is 3.03. The van der Waals surface area contributed by atoms with Crippen molar-refractivity contribution in [3.8, 4) is 0 Å². The van der Waals surface area contributed by atoms with Gasteiger partial charge in [0.2, 0.25) is 6.17 Å². The molecule has 1 aliphatic rings. The Kier molecular flexibility index (Phi) is 6.82. The van der Waals surface area contributed by atoms with Crippen molar-refractivity contribution >= 4 is 12.1 Å². The second-order valence-electron chi connectivity index (χ2n) is 7.01. The molecule has 1 aliphatic heterocycles. The van der Waals surface area contributed by atoms with E-state index in [1.807, 2.05) is 44.2 Å². The number of benzene rings is 1. The van der Waals surface area contributed by atoms with Crippen LogP contribution in [0.2, 0.25) is 0 Å². The van der Waals surface area contributed by atoms with Gasteiger partial charge in [-0.05, 0) is 23.1 Å². The highest BCUT2D eigenvalue weighted by atomic mass is 16.6. The topological polar surface area (TPSA) is 105 Å². The smallest absolute Gasteiger partial charge is 0.480 e. The van der Waals surface area contributed by atoms with Gasteiger partial charge in [0.05, 0.1) is 0 Å². The van der Waals surface area contributed by atoms with E-state index in [2.05, 4.69) is 10.6 Å². The van der Waals surface area contributed by atoms with E-state index in [-0.39, 0.29) is 19.1 Å². The molecule has 1 unspecified atom stereocenters. The zero-order valence-corrected chi connectivity index (χ0v) is 15.1. The summed E-state index contributed by atoms with van der Waals surface area (Å²) in [5.41, 5.74) is 3.68. The molecule has 8 heteroatoms. The first kappa shape index (κ1) is 20.0. The Labute approximate surface area is 152 Å². The van der Waals surface area contributed by atoms with Crippen LogP contribution in [0.3, 0.4) is 0 Å². The second kappa shape index (κ2) is 8.86. The van der Waals surface area contributed by atoms with Crippen molar-refractivity contribution in [1.82, 2.24) is 5.43 Å². The summed E-state index contributed by atoms with van der Waals surface area (Å²) >= 11 is 0. The average molecular weight is 364 g/mol. The van der Waals surface area contributed by atoms with E-state index < -0.39 is 28.9 Å². The molecule has 0 bridgehead atoms. The summed E-state index contributed by atoms with van der Waals surface area (Å²) in [4.78, 5) is 35.8. The monoisotopic (exact) mass is 364 g/mol. The van der Waals surface area contributed by atoms with Gasteiger partial charge in [-0.3, -0.25) is 4.79 Å². The number of nitrogens with one attached hydrogen (secondary N) is 1. The normalized spacial score (nSPS) is 23.6. The summed E-state index contributed by atoms with van der Waals surface area (Å²) in [5.74, 6) is -0.960. The van der Waals surface area contributed by atoms with E-state index in [1.54, 1.807) is 0 Å². The second-order valence-corrected chi connectivity index (χ2v) is 7.01. The van der Waals surface area contributed by atoms with Gasteiger partial charge in [-0.2, -0.15) is 4.79 Å². The Morgan fingerprint density at radius 1 is 1.35 bits per heavy atom. The van der Waals surface area contributed by atoms with Crippen molar-refractivity contribution in [3.05, 3.63) is 40.8 Å². The highest BCUT2D eigenvalue weighted by Gasteiger charge is 2.54. The van der Waals surface area contributed by atoms with E-state index in [0.29, 0.717) is 19.3 Å². The number of carbonyl (C=O) groups excluding carboxylic acids is 1. The molecule has 26 heavy (non-hydrogen) atoms. The molecule has 1 amide bonds. The summed E-state index contributed by atoms with van der Waals surface area (Å²) in [5, 5.41) is 12.6. The fraction of sp³-hybridized carbons (Fsp3) is 0.556. The maximum Gasteiger partial charge on any atom is 0.538 e. The Balaban J connectivity index is 2.19. The molecule has 3 atom stereocenters. The molecule has 1 aromatic rings. The third-order valence-electron chi connectivity index (χ3n) is 4.53. The average Bonchev–Trinajstić information content (AvgIpc) is 3.03. The molecule has 1 saturated heterocycles. The minimum Gasteiger partial charge on any atom is -0.480 e. The first-order chi connectivity index (χ1) is 12.4. The summed E-state index contributed by atoms with van der Waals surface area (Å²) < 4.78 is 4.84. The number of ether oxygens (including phenoxy) is 1. The van der Waals surface area contributed by atoms with Gasteiger partial charge in [0.25, 0.3) is 0 Å². The number of nitrogens with zero attached hydrogens (tertiary/aromatic N) is 2. The number of quaternary nitrogens is 1. The van der Waals surface area contributed by atoms with E-state index in [0.717, 1.165) is 5.56 Å². The van der Waals surface area contributed by atoms with Crippen molar-refractivity contribution in [3.63, 3.8) is 0 Å². The number of amides is 1. The number of nitroso groups, excluding NO2 is 1. The van der Waals surface area contributed by atoms with Crippen LogP contribution in [-0.4, -0.2) is 40.5 Å². The summed E-state index contributed by atoms with van der Waals surface area (Å²) in [6.45, 7) is 4.12. The van der Waals surface area contributed by atoms with Crippen LogP contribution in [0.25, 0.3) is 0 Å². The molecule has 2 N–H and O–H groups in total. The minimum atomic E-state index is -1.07. The quantitative estimate of drug-likeness (QED) is 0.543. The van der Waals surface area contributed by atoms with Crippen LogP contribution in [0.1, 0.15) is 38.7 Å². The van der Waals surface area contributed by atoms with Gasteiger partial charge in [-0.1, -0.05) is 44.2 Å². The lowest BCUT2D eigenvalue weighted by Gasteiger charge is -2.34. The number of carbonyl (C=O) groups is 2. The summed E-state index contributed by atoms with van der Waals surface area (Å²) in [6.07, 6.45) is -0.256. The lowest BCUT2D eigenvalue weighted by molar-refractivity contribution is -0.914. The Hall–Kier alpha value is -2.32. The molecule has 8 nitrogen and oxygen atoms in total. The molecule has 0 aliphatic carbocycles. The largest absolute Gasteiger partial charge is 0.538 e. The lowest BCUT2D eigenvalue weighted by Crippen LogP contribution is -2.68. The maximum absolute atomic E-state index is 12.8. The SMILES string of the molecule is CC(C)C[C@H](N[N+]1(C(=O)OCc2ccccc2)CCC[C@H]1N=O)C(=O)O. The number of aliphatic carboxylic acids is 1. The van der Waals surface area contributed by atoms with Crippen molar-refractivity contribution in [2.75, 3.05) is 6.54 Å². The molecule has 142 valence electrons. The minimum absolute atomic E-state index is 0.0504. The highest BCUT2D eigenvalue weighted by Crippen LogP contribution is 2.28. The molecular formula is C18H26N3O5+. The number of carboxylic acid groups (broad SMARTS) is 1. The molecular weight excluding hydrogens is 338 g/mol. The fourth-order valence-corrected chi connectivity index (χ4v) is 3.23. The number of carboxylic acids is 1. The third-order valence-corrected chi connectivity index (χ3v) is 4.53. The van der Waals surface area contributed by atoms with E-state index >= 15 is 0 Å². The van der Waals surface area contributed by atoms with Gasteiger partial charge in [0.15, 0.2) is 6.04 Å². The van der Waals surface area contributed by atoms with Crippen LogP contribution < -0.4 is 5.43 Å². The van der Waals surface area contributed by atoms with E-state index in [4.69, 9.17) is 4.74 Å². The van der Waals surface area contributed by atoms with Crippen LogP contribution >= 0.6 is 0 Å². The van der Waals surface area contributed by atoms with Gasteiger partial charge in [-0.25, -0.2) is 0 Å². The number of hydrogen-bond donors (Lipinski definition) is 2. The van der Waals surface area contributed by atoms with Gasteiger partial charge in [-0.15, -0.1) is 14.9 Å². The Morgan fingerprint density at radius 3 is 2.62 bits per heavy atom. The first-order valence-corrected chi connectivity index (χ1v) is 8.81. The van der Waals surface area contributed by atoms with Gasteiger partial charge in [0.1, 0.15) is 13.2 Å². The molecule has 2 rings (SSSR count). The van der Waals surface area contributed by atoms with Gasteiger partial charge < -0.3 is 9.84 Å². The van der Waals surface area contributed by atoms with Crippen molar-refractivity contribution in [2.45, 2.75) is 51.9 Å². The Bertz CT molecular complexity index is 637.